The van der Waals surface area contributed by atoms with Crippen LogP contribution in [0.3, 0.4) is 0 Å². The minimum atomic E-state index is -0.274. The van der Waals surface area contributed by atoms with Gasteiger partial charge in [-0.3, -0.25) is 4.90 Å². The Morgan fingerprint density at radius 1 is 1.29 bits per heavy atom. The molecule has 0 saturated carbocycles. The van der Waals surface area contributed by atoms with E-state index in [9.17, 15) is 4.79 Å². The first-order valence-electron chi connectivity index (χ1n) is 7.88. The van der Waals surface area contributed by atoms with Crippen molar-refractivity contribution in [2.45, 2.75) is 44.7 Å². The number of rotatable bonds is 3. The first kappa shape index (κ1) is 14.4. The Morgan fingerprint density at radius 2 is 2.14 bits per heavy atom. The predicted octanol–water partition coefficient (Wildman–Crippen LogP) is 2.82. The van der Waals surface area contributed by atoms with Crippen LogP contribution in [-0.4, -0.2) is 43.2 Å². The third-order valence-corrected chi connectivity index (χ3v) is 4.84. The quantitative estimate of drug-likeness (QED) is 0.868. The fourth-order valence-electron chi connectivity index (χ4n) is 3.69. The predicted molar refractivity (Wildman–Crippen MR) is 83.8 cm³/mol. The summed E-state index contributed by atoms with van der Waals surface area (Å²) in [6, 6.07) is 6.97. The van der Waals surface area contributed by atoms with Gasteiger partial charge in [-0.1, -0.05) is 6.42 Å². The number of benzene rings is 1. The highest BCUT2D eigenvalue weighted by Crippen LogP contribution is 2.30. The molecule has 2 aliphatic rings. The first-order valence-corrected chi connectivity index (χ1v) is 7.88. The van der Waals surface area contributed by atoms with Crippen LogP contribution in [0, 0.1) is 6.92 Å². The van der Waals surface area contributed by atoms with Crippen molar-refractivity contribution in [2.24, 2.45) is 0 Å². The Morgan fingerprint density at radius 3 is 2.90 bits per heavy atom. The van der Waals surface area contributed by atoms with Crippen molar-refractivity contribution < 1.29 is 9.53 Å². The molecule has 0 bridgehead atoms. The van der Waals surface area contributed by atoms with E-state index in [-0.39, 0.29) is 5.97 Å². The Balaban J connectivity index is 1.71. The van der Waals surface area contributed by atoms with E-state index in [2.05, 4.69) is 10.2 Å². The number of aryl methyl sites for hydroxylation is 1. The lowest BCUT2D eigenvalue weighted by atomic mass is 9.98. The van der Waals surface area contributed by atoms with E-state index in [1.165, 1.54) is 45.9 Å². The molecule has 114 valence electrons. The number of carbonyl (C=O) groups is 1. The van der Waals surface area contributed by atoms with Crippen LogP contribution in [0.5, 0.6) is 0 Å². The molecule has 2 heterocycles. The highest BCUT2D eigenvalue weighted by atomic mass is 16.5. The molecule has 21 heavy (non-hydrogen) atoms. The summed E-state index contributed by atoms with van der Waals surface area (Å²) in [4.78, 5) is 14.2. The molecule has 1 aromatic rings. The third kappa shape index (κ3) is 2.91. The Hall–Kier alpha value is -1.55. The summed E-state index contributed by atoms with van der Waals surface area (Å²) >= 11 is 0. The van der Waals surface area contributed by atoms with Crippen molar-refractivity contribution in [2.75, 3.05) is 25.5 Å². The van der Waals surface area contributed by atoms with E-state index in [0.717, 1.165) is 11.3 Å². The van der Waals surface area contributed by atoms with Crippen molar-refractivity contribution in [1.29, 1.82) is 0 Å². The molecule has 1 N–H and O–H groups in total. The fourth-order valence-corrected chi connectivity index (χ4v) is 3.69. The molecule has 2 unspecified atom stereocenters. The second kappa shape index (κ2) is 6.06. The molecule has 4 heteroatoms. The summed E-state index contributed by atoms with van der Waals surface area (Å²) in [5, 5.41) is 3.70. The number of carbonyl (C=O) groups excluding carboxylic acids is 1. The number of nitrogens with zero attached hydrogens (tertiary/aromatic N) is 1. The Bertz CT molecular complexity index is 530. The lowest BCUT2D eigenvalue weighted by Crippen LogP contribution is -2.41. The number of methoxy groups -OCH3 is 1. The number of ether oxygens (including phenoxy) is 1. The van der Waals surface area contributed by atoms with Crippen LogP contribution in [0.4, 0.5) is 5.69 Å². The Kier molecular flexibility index (Phi) is 4.15. The van der Waals surface area contributed by atoms with E-state index >= 15 is 0 Å². The molecule has 0 aromatic heterocycles. The standard InChI is InChI=1S/C17H24N2O2/c1-12-11-13(17(20)21-2)6-7-14(12)18-15-8-10-19-9-4-3-5-16(15)19/h6-7,11,15-16,18H,3-5,8-10H2,1-2H3. The van der Waals surface area contributed by atoms with E-state index < -0.39 is 0 Å². The molecular formula is C17H24N2O2. The number of nitrogens with one attached hydrogen (secondary N) is 1. The van der Waals surface area contributed by atoms with Gasteiger partial charge in [0.25, 0.3) is 0 Å². The van der Waals surface area contributed by atoms with Crippen LogP contribution in [0.1, 0.15) is 41.6 Å². The largest absolute Gasteiger partial charge is 0.465 e. The van der Waals surface area contributed by atoms with Crippen molar-refractivity contribution >= 4 is 11.7 Å². The average molecular weight is 288 g/mol. The average Bonchev–Trinajstić information content (AvgIpc) is 2.92. The van der Waals surface area contributed by atoms with Crippen LogP contribution in [0.2, 0.25) is 0 Å². The van der Waals surface area contributed by atoms with Crippen LogP contribution in [0.15, 0.2) is 18.2 Å². The van der Waals surface area contributed by atoms with Gasteiger partial charge < -0.3 is 10.1 Å². The minimum Gasteiger partial charge on any atom is -0.465 e. The monoisotopic (exact) mass is 288 g/mol. The number of esters is 1. The Labute approximate surface area is 126 Å². The molecule has 2 fully saturated rings. The highest BCUT2D eigenvalue weighted by Gasteiger charge is 2.35. The number of fused-ring (bicyclic) bond motifs is 1. The zero-order chi connectivity index (χ0) is 14.8. The zero-order valence-corrected chi connectivity index (χ0v) is 12.9. The van der Waals surface area contributed by atoms with E-state index in [4.69, 9.17) is 4.74 Å². The molecule has 0 radical (unpaired) electrons. The van der Waals surface area contributed by atoms with E-state index in [1.54, 1.807) is 0 Å². The molecule has 3 rings (SSSR count). The summed E-state index contributed by atoms with van der Waals surface area (Å²) in [5.41, 5.74) is 2.86. The second-order valence-electron chi connectivity index (χ2n) is 6.16. The summed E-state index contributed by atoms with van der Waals surface area (Å²) in [6.07, 6.45) is 5.20. The summed E-state index contributed by atoms with van der Waals surface area (Å²) in [7, 11) is 1.42. The van der Waals surface area contributed by atoms with E-state index in [0.29, 0.717) is 17.6 Å². The molecule has 0 spiro atoms. The van der Waals surface area contributed by atoms with Crippen LogP contribution >= 0.6 is 0 Å². The maximum atomic E-state index is 11.6. The molecule has 4 nitrogen and oxygen atoms in total. The van der Waals surface area contributed by atoms with Crippen molar-refractivity contribution in [3.05, 3.63) is 29.3 Å². The molecular weight excluding hydrogens is 264 g/mol. The SMILES string of the molecule is COC(=O)c1ccc(NC2CCN3CCCCC23)c(C)c1. The maximum Gasteiger partial charge on any atom is 0.337 e. The van der Waals surface area contributed by atoms with Gasteiger partial charge in [0, 0.05) is 24.3 Å². The van der Waals surface area contributed by atoms with Gasteiger partial charge >= 0.3 is 5.97 Å². The van der Waals surface area contributed by atoms with Crippen molar-refractivity contribution in [1.82, 2.24) is 4.90 Å². The van der Waals surface area contributed by atoms with Crippen molar-refractivity contribution in [3.63, 3.8) is 0 Å². The molecule has 2 saturated heterocycles. The number of hydrogen-bond donors (Lipinski definition) is 1. The van der Waals surface area contributed by atoms with Crippen LogP contribution in [0.25, 0.3) is 0 Å². The van der Waals surface area contributed by atoms with Gasteiger partial charge in [-0.2, -0.15) is 0 Å². The second-order valence-corrected chi connectivity index (χ2v) is 6.16. The fraction of sp³-hybridized carbons (Fsp3) is 0.588. The minimum absolute atomic E-state index is 0.274. The summed E-state index contributed by atoms with van der Waals surface area (Å²) in [6.45, 7) is 4.51. The number of anilines is 1. The zero-order valence-electron chi connectivity index (χ0n) is 12.9. The molecule has 1 aromatic carbocycles. The molecule has 0 amide bonds. The van der Waals surface area contributed by atoms with Gasteiger partial charge in [-0.05, 0) is 56.5 Å². The van der Waals surface area contributed by atoms with E-state index in [1.807, 2.05) is 25.1 Å². The topological polar surface area (TPSA) is 41.6 Å². The summed E-state index contributed by atoms with van der Waals surface area (Å²) < 4.78 is 4.77. The number of piperidine rings is 1. The summed E-state index contributed by atoms with van der Waals surface area (Å²) in [5.74, 6) is -0.274. The highest BCUT2D eigenvalue weighted by molar-refractivity contribution is 5.90. The lowest BCUT2D eigenvalue weighted by Gasteiger charge is -2.33. The van der Waals surface area contributed by atoms with Gasteiger partial charge in [-0.25, -0.2) is 4.79 Å². The van der Waals surface area contributed by atoms with Gasteiger partial charge in [0.05, 0.1) is 12.7 Å². The van der Waals surface area contributed by atoms with Gasteiger partial charge in [0.1, 0.15) is 0 Å². The smallest absolute Gasteiger partial charge is 0.337 e. The maximum absolute atomic E-state index is 11.6. The molecule has 2 aliphatic heterocycles. The van der Waals surface area contributed by atoms with Crippen molar-refractivity contribution in [3.8, 4) is 0 Å². The number of hydrogen-bond acceptors (Lipinski definition) is 4. The normalized spacial score (nSPS) is 25.4. The van der Waals surface area contributed by atoms with Crippen LogP contribution < -0.4 is 5.32 Å². The molecule has 0 aliphatic carbocycles. The van der Waals surface area contributed by atoms with Crippen LogP contribution in [-0.2, 0) is 4.74 Å². The third-order valence-electron chi connectivity index (χ3n) is 4.84. The van der Waals surface area contributed by atoms with Gasteiger partial charge in [0.15, 0.2) is 0 Å². The first-order chi connectivity index (χ1) is 10.2. The lowest BCUT2D eigenvalue weighted by molar-refractivity contribution is 0.0600. The molecule has 2 atom stereocenters. The van der Waals surface area contributed by atoms with Gasteiger partial charge in [-0.15, -0.1) is 0 Å². The van der Waals surface area contributed by atoms with Gasteiger partial charge in [0.2, 0.25) is 0 Å².